The summed E-state index contributed by atoms with van der Waals surface area (Å²) in [6.07, 6.45) is 3.07. The number of carbonyl (C=O) groups is 3. The summed E-state index contributed by atoms with van der Waals surface area (Å²) in [6.45, 7) is 0.648. The van der Waals surface area contributed by atoms with Gasteiger partial charge in [0.25, 0.3) is 5.91 Å². The van der Waals surface area contributed by atoms with Gasteiger partial charge >= 0.3 is 11.8 Å². The second kappa shape index (κ2) is 12.9. The zero-order valence-corrected chi connectivity index (χ0v) is 20.3. The number of carbonyl (C=O) groups excluding carboxylic acids is 3. The van der Waals surface area contributed by atoms with Gasteiger partial charge in [-0.3, -0.25) is 14.4 Å². The molecule has 0 radical (unpaired) electrons. The number of methoxy groups -OCH3 is 1. The minimum Gasteiger partial charge on any atom is -0.493 e. The van der Waals surface area contributed by atoms with Crippen LogP contribution in [0.25, 0.3) is 0 Å². The normalized spacial score (nSPS) is 15.0. The molecule has 1 saturated heterocycles. The lowest BCUT2D eigenvalue weighted by Gasteiger charge is -2.12. The second-order valence-corrected chi connectivity index (χ2v) is 8.26. The fraction of sp³-hybridized carbons (Fsp3) is 0.304. The van der Waals surface area contributed by atoms with E-state index in [0.29, 0.717) is 39.4 Å². The monoisotopic (exact) mass is 522 g/mol. The van der Waals surface area contributed by atoms with Crippen LogP contribution in [0, 0.1) is 0 Å². The standard InChI is InChI=1S/C23H24Cl2N4O6/c1-33-20-9-14(11-27-29-23(32)22(31)26-12-16-3-2-8-34-16)4-7-19(20)35-13-21(30)28-18-6-5-15(24)10-17(18)25/h4-7,9-11,16H,2-3,8,12-13H2,1H3,(H,26,31)(H,28,30)(H,29,32)/b27-11-/t16-/m0/s1. The molecule has 1 heterocycles. The first-order valence-corrected chi connectivity index (χ1v) is 11.4. The number of anilines is 1. The number of nitrogens with zero attached hydrogens (tertiary/aromatic N) is 1. The first kappa shape index (κ1) is 26.3. The molecule has 0 aromatic heterocycles. The first-order valence-electron chi connectivity index (χ1n) is 10.6. The molecule has 1 atom stereocenters. The Balaban J connectivity index is 1.48. The van der Waals surface area contributed by atoms with Crippen LogP contribution in [0.4, 0.5) is 5.69 Å². The lowest BCUT2D eigenvalue weighted by Crippen LogP contribution is -2.41. The Hall–Kier alpha value is -3.34. The number of benzene rings is 2. The molecule has 1 aliphatic rings. The van der Waals surface area contributed by atoms with Crippen molar-refractivity contribution in [1.29, 1.82) is 0 Å². The summed E-state index contributed by atoms with van der Waals surface area (Å²) in [7, 11) is 1.44. The molecule has 186 valence electrons. The van der Waals surface area contributed by atoms with E-state index in [1.54, 1.807) is 30.3 Å². The molecular weight excluding hydrogens is 499 g/mol. The van der Waals surface area contributed by atoms with Gasteiger partial charge in [-0.15, -0.1) is 0 Å². The van der Waals surface area contributed by atoms with Crippen molar-refractivity contribution in [2.24, 2.45) is 5.10 Å². The molecule has 1 fully saturated rings. The van der Waals surface area contributed by atoms with Crippen molar-refractivity contribution in [2.75, 3.05) is 32.2 Å². The van der Waals surface area contributed by atoms with Gasteiger partial charge in [0, 0.05) is 18.2 Å². The Kier molecular flexibility index (Phi) is 9.71. The summed E-state index contributed by atoms with van der Waals surface area (Å²) in [5, 5.41) is 9.69. The molecule has 0 aliphatic carbocycles. The first-order chi connectivity index (χ1) is 16.9. The maximum atomic E-state index is 12.2. The van der Waals surface area contributed by atoms with Crippen molar-refractivity contribution in [3.05, 3.63) is 52.0 Å². The summed E-state index contributed by atoms with van der Waals surface area (Å²) < 4.78 is 16.2. The summed E-state index contributed by atoms with van der Waals surface area (Å²) in [4.78, 5) is 35.9. The molecule has 3 rings (SSSR count). The van der Waals surface area contributed by atoms with E-state index in [9.17, 15) is 14.4 Å². The van der Waals surface area contributed by atoms with Crippen LogP contribution in [0.15, 0.2) is 41.5 Å². The number of hydrogen-bond donors (Lipinski definition) is 3. The zero-order valence-electron chi connectivity index (χ0n) is 18.8. The SMILES string of the molecule is COc1cc(/C=N\NC(=O)C(=O)NC[C@@H]2CCCO2)ccc1OCC(=O)Nc1ccc(Cl)cc1Cl. The summed E-state index contributed by atoms with van der Waals surface area (Å²) in [6, 6.07) is 9.52. The van der Waals surface area contributed by atoms with Gasteiger partial charge in [-0.25, -0.2) is 5.43 Å². The zero-order chi connectivity index (χ0) is 25.2. The molecule has 0 bridgehead atoms. The van der Waals surface area contributed by atoms with Gasteiger partial charge in [-0.05, 0) is 54.8 Å². The predicted octanol–water partition coefficient (Wildman–Crippen LogP) is 2.76. The highest BCUT2D eigenvalue weighted by molar-refractivity contribution is 6.36. The molecule has 10 nitrogen and oxygen atoms in total. The molecule has 0 spiro atoms. The van der Waals surface area contributed by atoms with Crippen molar-refractivity contribution in [3.8, 4) is 11.5 Å². The fourth-order valence-corrected chi connectivity index (χ4v) is 3.57. The lowest BCUT2D eigenvalue weighted by atomic mass is 10.2. The smallest absolute Gasteiger partial charge is 0.329 e. The third-order valence-electron chi connectivity index (χ3n) is 4.85. The van der Waals surface area contributed by atoms with Crippen LogP contribution < -0.4 is 25.5 Å². The number of halogens is 2. The summed E-state index contributed by atoms with van der Waals surface area (Å²) >= 11 is 11.9. The van der Waals surface area contributed by atoms with Crippen molar-refractivity contribution in [1.82, 2.24) is 10.7 Å². The molecular formula is C23H24Cl2N4O6. The van der Waals surface area contributed by atoms with E-state index in [-0.39, 0.29) is 19.3 Å². The number of ether oxygens (including phenoxy) is 3. The van der Waals surface area contributed by atoms with Gasteiger partial charge in [0.05, 0.1) is 30.1 Å². The van der Waals surface area contributed by atoms with E-state index in [1.807, 2.05) is 0 Å². The van der Waals surface area contributed by atoms with E-state index in [1.165, 1.54) is 19.4 Å². The second-order valence-electron chi connectivity index (χ2n) is 7.42. The average Bonchev–Trinajstić information content (AvgIpc) is 3.37. The van der Waals surface area contributed by atoms with Crippen LogP contribution >= 0.6 is 23.2 Å². The highest BCUT2D eigenvalue weighted by Crippen LogP contribution is 2.28. The highest BCUT2D eigenvalue weighted by atomic mass is 35.5. The van der Waals surface area contributed by atoms with Crippen molar-refractivity contribution in [2.45, 2.75) is 18.9 Å². The quantitative estimate of drug-likeness (QED) is 0.264. The van der Waals surface area contributed by atoms with Crippen LogP contribution in [-0.2, 0) is 19.1 Å². The van der Waals surface area contributed by atoms with E-state index < -0.39 is 17.7 Å². The Morgan fingerprint density at radius 3 is 2.69 bits per heavy atom. The van der Waals surface area contributed by atoms with Crippen LogP contribution in [0.3, 0.4) is 0 Å². The highest BCUT2D eigenvalue weighted by Gasteiger charge is 2.19. The number of nitrogens with one attached hydrogen (secondary N) is 3. The molecule has 35 heavy (non-hydrogen) atoms. The van der Waals surface area contributed by atoms with Gasteiger partial charge in [-0.1, -0.05) is 23.2 Å². The molecule has 2 aromatic carbocycles. The maximum Gasteiger partial charge on any atom is 0.329 e. The Morgan fingerprint density at radius 2 is 1.97 bits per heavy atom. The molecule has 2 aromatic rings. The summed E-state index contributed by atoms with van der Waals surface area (Å²) in [5.74, 6) is -1.45. The van der Waals surface area contributed by atoms with E-state index in [2.05, 4.69) is 21.2 Å². The summed E-state index contributed by atoms with van der Waals surface area (Å²) in [5.41, 5.74) is 3.13. The Labute approximate surface area is 211 Å². The van der Waals surface area contributed by atoms with Gasteiger partial charge in [0.15, 0.2) is 18.1 Å². The average molecular weight is 523 g/mol. The number of hydrazone groups is 1. The van der Waals surface area contributed by atoms with Crippen molar-refractivity contribution < 1.29 is 28.6 Å². The topological polar surface area (TPSA) is 127 Å². The largest absolute Gasteiger partial charge is 0.493 e. The molecule has 12 heteroatoms. The van der Waals surface area contributed by atoms with E-state index in [0.717, 1.165) is 12.8 Å². The molecule has 0 unspecified atom stereocenters. The molecule has 0 saturated carbocycles. The van der Waals surface area contributed by atoms with Crippen molar-refractivity contribution >= 4 is 52.8 Å². The van der Waals surface area contributed by atoms with Gasteiger partial charge in [0.1, 0.15) is 0 Å². The number of rotatable bonds is 9. The minimum atomic E-state index is -0.891. The Morgan fingerprint density at radius 1 is 1.14 bits per heavy atom. The predicted molar refractivity (Wildman–Crippen MR) is 131 cm³/mol. The van der Waals surface area contributed by atoms with E-state index in [4.69, 9.17) is 37.4 Å². The molecule has 3 N–H and O–H groups in total. The van der Waals surface area contributed by atoms with Gasteiger partial charge in [0.2, 0.25) is 0 Å². The van der Waals surface area contributed by atoms with Gasteiger partial charge in [-0.2, -0.15) is 5.10 Å². The van der Waals surface area contributed by atoms with Crippen LogP contribution in [0.1, 0.15) is 18.4 Å². The van der Waals surface area contributed by atoms with E-state index >= 15 is 0 Å². The third-order valence-corrected chi connectivity index (χ3v) is 5.40. The maximum absolute atomic E-state index is 12.2. The van der Waals surface area contributed by atoms with Crippen molar-refractivity contribution in [3.63, 3.8) is 0 Å². The fourth-order valence-electron chi connectivity index (χ4n) is 3.11. The van der Waals surface area contributed by atoms with Crippen LogP contribution in [0.2, 0.25) is 10.0 Å². The third kappa shape index (κ3) is 8.13. The minimum absolute atomic E-state index is 0.0650. The van der Waals surface area contributed by atoms with Gasteiger partial charge < -0.3 is 24.8 Å². The Bertz CT molecular complexity index is 1110. The van der Waals surface area contributed by atoms with Crippen LogP contribution in [-0.4, -0.2) is 56.9 Å². The number of amides is 3. The number of hydrogen-bond acceptors (Lipinski definition) is 7. The molecule has 3 amide bonds. The lowest BCUT2D eigenvalue weighted by molar-refractivity contribution is -0.139. The van der Waals surface area contributed by atoms with Crippen LogP contribution in [0.5, 0.6) is 11.5 Å². The molecule has 1 aliphatic heterocycles.